The van der Waals surface area contributed by atoms with Crippen LogP contribution in [0.1, 0.15) is 25.2 Å². The van der Waals surface area contributed by atoms with Gasteiger partial charge in [0.2, 0.25) is 0 Å². The van der Waals surface area contributed by atoms with Gasteiger partial charge in [-0.15, -0.1) is 0 Å². The van der Waals surface area contributed by atoms with E-state index in [0.29, 0.717) is 0 Å². The maximum Gasteiger partial charge on any atom is 0.122 e. The van der Waals surface area contributed by atoms with Crippen molar-refractivity contribution in [2.75, 3.05) is 39.8 Å². The van der Waals surface area contributed by atoms with E-state index < -0.39 is 0 Å². The minimum Gasteiger partial charge on any atom is -0.468 e. The third kappa shape index (κ3) is 4.34. The second kappa shape index (κ2) is 7.08. The molecule has 0 unspecified atom stereocenters. The molecule has 0 saturated carbocycles. The van der Waals surface area contributed by atoms with Gasteiger partial charge < -0.3 is 14.6 Å². The topological polar surface area (TPSA) is 31.7 Å². The van der Waals surface area contributed by atoms with E-state index in [1.165, 1.54) is 25.2 Å². The standard InChI is InChI=1S/C15H27N3O/c1-13(2)11-17-5-7-18(8-6-17)12-14-4-9-19-15(14)10-16-3/h4,9,13,16H,5-8,10-12H2,1-3H3. The highest BCUT2D eigenvalue weighted by Crippen LogP contribution is 2.15. The highest BCUT2D eigenvalue weighted by Gasteiger charge is 2.18. The Balaban J connectivity index is 1.80. The molecule has 1 aliphatic heterocycles. The third-order valence-corrected chi connectivity index (χ3v) is 3.66. The van der Waals surface area contributed by atoms with Gasteiger partial charge in [-0.2, -0.15) is 0 Å². The van der Waals surface area contributed by atoms with Crippen molar-refractivity contribution >= 4 is 0 Å². The van der Waals surface area contributed by atoms with Gasteiger partial charge in [-0.1, -0.05) is 13.8 Å². The first-order chi connectivity index (χ1) is 9.19. The summed E-state index contributed by atoms with van der Waals surface area (Å²) in [5, 5.41) is 3.16. The molecule has 4 nitrogen and oxygen atoms in total. The van der Waals surface area contributed by atoms with E-state index in [9.17, 15) is 0 Å². The van der Waals surface area contributed by atoms with Crippen LogP contribution in [0.15, 0.2) is 16.7 Å². The maximum absolute atomic E-state index is 5.52. The Labute approximate surface area is 116 Å². The first-order valence-electron chi connectivity index (χ1n) is 7.33. The van der Waals surface area contributed by atoms with Crippen LogP contribution in [0.25, 0.3) is 0 Å². The van der Waals surface area contributed by atoms with Crippen LogP contribution >= 0.6 is 0 Å². The summed E-state index contributed by atoms with van der Waals surface area (Å²) < 4.78 is 5.52. The molecule has 1 fully saturated rings. The SMILES string of the molecule is CNCc1occc1CN1CCN(CC(C)C)CC1. The van der Waals surface area contributed by atoms with Gasteiger partial charge >= 0.3 is 0 Å². The zero-order valence-electron chi connectivity index (χ0n) is 12.5. The number of hydrogen-bond acceptors (Lipinski definition) is 4. The zero-order chi connectivity index (χ0) is 13.7. The Kier molecular flexibility index (Phi) is 5.43. The molecule has 108 valence electrons. The second-order valence-electron chi connectivity index (χ2n) is 5.87. The molecule has 0 amide bonds. The molecule has 4 heteroatoms. The Morgan fingerprint density at radius 2 is 1.89 bits per heavy atom. The van der Waals surface area contributed by atoms with E-state index in [1.807, 2.05) is 7.05 Å². The third-order valence-electron chi connectivity index (χ3n) is 3.66. The van der Waals surface area contributed by atoms with Gasteiger partial charge in [0.1, 0.15) is 5.76 Å². The zero-order valence-corrected chi connectivity index (χ0v) is 12.5. The minimum atomic E-state index is 0.766. The first-order valence-corrected chi connectivity index (χ1v) is 7.33. The van der Waals surface area contributed by atoms with E-state index in [1.54, 1.807) is 6.26 Å². The van der Waals surface area contributed by atoms with Crippen molar-refractivity contribution in [2.24, 2.45) is 5.92 Å². The van der Waals surface area contributed by atoms with Gasteiger partial charge in [-0.3, -0.25) is 4.90 Å². The van der Waals surface area contributed by atoms with Crippen LogP contribution in [-0.4, -0.2) is 49.6 Å². The molecule has 2 rings (SSSR count). The monoisotopic (exact) mass is 265 g/mol. The average molecular weight is 265 g/mol. The molecule has 0 bridgehead atoms. The fraction of sp³-hybridized carbons (Fsp3) is 0.733. The molecule has 1 N–H and O–H groups in total. The molecule has 2 heterocycles. The van der Waals surface area contributed by atoms with Gasteiger partial charge in [0.25, 0.3) is 0 Å². The lowest BCUT2D eigenvalue weighted by Gasteiger charge is -2.35. The minimum absolute atomic E-state index is 0.766. The fourth-order valence-corrected chi connectivity index (χ4v) is 2.71. The van der Waals surface area contributed by atoms with Gasteiger partial charge in [-0.25, -0.2) is 0 Å². The Morgan fingerprint density at radius 3 is 2.53 bits per heavy atom. The molecule has 0 spiro atoms. The van der Waals surface area contributed by atoms with Crippen LogP contribution in [0.3, 0.4) is 0 Å². The van der Waals surface area contributed by atoms with Crippen molar-refractivity contribution in [3.63, 3.8) is 0 Å². The summed E-state index contributed by atoms with van der Waals surface area (Å²) in [7, 11) is 1.96. The lowest BCUT2D eigenvalue weighted by Crippen LogP contribution is -2.46. The van der Waals surface area contributed by atoms with Crippen molar-refractivity contribution in [1.82, 2.24) is 15.1 Å². The van der Waals surface area contributed by atoms with Crippen LogP contribution in [0.2, 0.25) is 0 Å². The quantitative estimate of drug-likeness (QED) is 0.849. The molecule has 1 aromatic heterocycles. The lowest BCUT2D eigenvalue weighted by atomic mass is 10.1. The first kappa shape index (κ1) is 14.6. The second-order valence-corrected chi connectivity index (χ2v) is 5.87. The fourth-order valence-electron chi connectivity index (χ4n) is 2.71. The molecule has 0 radical (unpaired) electrons. The number of hydrogen-bond donors (Lipinski definition) is 1. The smallest absolute Gasteiger partial charge is 0.122 e. The average Bonchev–Trinajstić information content (AvgIpc) is 2.79. The lowest BCUT2D eigenvalue weighted by molar-refractivity contribution is 0.117. The molecular formula is C15H27N3O. The molecule has 19 heavy (non-hydrogen) atoms. The van der Waals surface area contributed by atoms with Crippen LogP contribution in [0, 0.1) is 5.92 Å². The Bertz CT molecular complexity index is 367. The summed E-state index contributed by atoms with van der Waals surface area (Å²) in [6, 6.07) is 2.10. The predicted molar refractivity (Wildman–Crippen MR) is 78.0 cm³/mol. The van der Waals surface area contributed by atoms with E-state index >= 15 is 0 Å². The largest absolute Gasteiger partial charge is 0.468 e. The van der Waals surface area contributed by atoms with Crippen LogP contribution in [-0.2, 0) is 13.1 Å². The predicted octanol–water partition coefficient (Wildman–Crippen LogP) is 1.77. The summed E-state index contributed by atoms with van der Waals surface area (Å²) in [6.45, 7) is 12.4. The Morgan fingerprint density at radius 1 is 1.21 bits per heavy atom. The maximum atomic E-state index is 5.52. The highest BCUT2D eigenvalue weighted by molar-refractivity contribution is 5.16. The van der Waals surface area contributed by atoms with Gasteiger partial charge in [0.15, 0.2) is 0 Å². The normalized spacial score (nSPS) is 18.3. The number of rotatable bonds is 6. The van der Waals surface area contributed by atoms with Crippen molar-refractivity contribution in [2.45, 2.75) is 26.9 Å². The van der Waals surface area contributed by atoms with Gasteiger partial charge in [-0.05, 0) is 19.0 Å². The van der Waals surface area contributed by atoms with Crippen LogP contribution in [0.5, 0.6) is 0 Å². The van der Waals surface area contributed by atoms with E-state index in [0.717, 1.165) is 37.9 Å². The number of piperazine rings is 1. The van der Waals surface area contributed by atoms with Crippen LogP contribution < -0.4 is 5.32 Å². The molecule has 0 aromatic carbocycles. The summed E-state index contributed by atoms with van der Waals surface area (Å²) in [5.41, 5.74) is 1.33. The van der Waals surface area contributed by atoms with Gasteiger partial charge in [0, 0.05) is 44.8 Å². The molecule has 1 saturated heterocycles. The van der Waals surface area contributed by atoms with E-state index in [4.69, 9.17) is 4.42 Å². The van der Waals surface area contributed by atoms with Crippen molar-refractivity contribution in [3.8, 4) is 0 Å². The number of furan rings is 1. The van der Waals surface area contributed by atoms with Crippen molar-refractivity contribution < 1.29 is 4.42 Å². The summed E-state index contributed by atoms with van der Waals surface area (Å²) in [4.78, 5) is 5.10. The van der Waals surface area contributed by atoms with E-state index in [-0.39, 0.29) is 0 Å². The number of nitrogens with zero attached hydrogens (tertiary/aromatic N) is 2. The number of nitrogens with one attached hydrogen (secondary N) is 1. The van der Waals surface area contributed by atoms with E-state index in [2.05, 4.69) is 35.0 Å². The summed E-state index contributed by atoms with van der Waals surface area (Å²) in [6.07, 6.45) is 1.80. The summed E-state index contributed by atoms with van der Waals surface area (Å²) in [5.74, 6) is 1.84. The molecule has 1 aromatic rings. The molecule has 1 aliphatic rings. The Hall–Kier alpha value is -0.840. The van der Waals surface area contributed by atoms with Crippen molar-refractivity contribution in [1.29, 1.82) is 0 Å². The van der Waals surface area contributed by atoms with Crippen molar-refractivity contribution in [3.05, 3.63) is 23.7 Å². The summed E-state index contributed by atoms with van der Waals surface area (Å²) >= 11 is 0. The van der Waals surface area contributed by atoms with Gasteiger partial charge in [0.05, 0.1) is 12.8 Å². The highest BCUT2D eigenvalue weighted by atomic mass is 16.3. The molecule has 0 atom stereocenters. The molecule has 0 aliphatic carbocycles. The molecular weight excluding hydrogens is 238 g/mol. The van der Waals surface area contributed by atoms with Crippen LogP contribution in [0.4, 0.5) is 0 Å².